The van der Waals surface area contributed by atoms with Gasteiger partial charge in [-0.1, -0.05) is 6.07 Å². The highest BCUT2D eigenvalue weighted by Gasteiger charge is 2.20. The Kier molecular flexibility index (Phi) is 5.65. The third-order valence-corrected chi connectivity index (χ3v) is 5.80. The number of amides is 1. The van der Waals surface area contributed by atoms with Gasteiger partial charge in [0, 0.05) is 35.0 Å². The molecule has 3 aromatic rings. The number of thiophene rings is 1. The van der Waals surface area contributed by atoms with Gasteiger partial charge in [0.2, 0.25) is 5.91 Å². The molecule has 132 valence electrons. The van der Waals surface area contributed by atoms with E-state index in [1.54, 1.807) is 28.9 Å². The molecule has 3 rings (SSSR count). The summed E-state index contributed by atoms with van der Waals surface area (Å²) in [5.41, 5.74) is 2.05. The smallest absolute Gasteiger partial charge is 0.222 e. The average molecular weight is 375 g/mol. The molecule has 3 heterocycles. The van der Waals surface area contributed by atoms with Gasteiger partial charge in [-0.25, -0.2) is 4.98 Å². The molecular weight excluding hydrogens is 352 g/mol. The highest BCUT2D eigenvalue weighted by Crippen LogP contribution is 2.24. The van der Waals surface area contributed by atoms with Gasteiger partial charge in [-0.15, -0.1) is 22.7 Å². The standard InChI is InChI=1S/C18H22N4OS2/c1-12-9-13(2)22(21-12)14(3)10-17(23)20-16(18-19-6-8-25-18)11-15-5-4-7-24-15/h4-9,14,16H,10-11H2,1-3H3,(H,20,23)/t14-,16-/m0/s1. The molecule has 0 fully saturated rings. The summed E-state index contributed by atoms with van der Waals surface area (Å²) < 4.78 is 1.92. The van der Waals surface area contributed by atoms with Crippen LogP contribution in [0, 0.1) is 13.8 Å². The first-order valence-electron chi connectivity index (χ1n) is 8.27. The molecule has 5 nitrogen and oxygen atoms in total. The van der Waals surface area contributed by atoms with Gasteiger partial charge in [-0.05, 0) is 38.3 Å². The summed E-state index contributed by atoms with van der Waals surface area (Å²) >= 11 is 3.28. The van der Waals surface area contributed by atoms with Gasteiger partial charge in [0.25, 0.3) is 0 Å². The van der Waals surface area contributed by atoms with E-state index in [0.717, 1.165) is 22.8 Å². The van der Waals surface area contributed by atoms with E-state index >= 15 is 0 Å². The zero-order valence-corrected chi connectivity index (χ0v) is 16.2. The Balaban J connectivity index is 1.66. The van der Waals surface area contributed by atoms with Crippen molar-refractivity contribution >= 4 is 28.6 Å². The van der Waals surface area contributed by atoms with Crippen LogP contribution in [0.25, 0.3) is 0 Å². The maximum atomic E-state index is 12.6. The first-order valence-corrected chi connectivity index (χ1v) is 10.0. The first kappa shape index (κ1) is 17.8. The van der Waals surface area contributed by atoms with Gasteiger partial charge in [0.05, 0.1) is 17.8 Å². The fraction of sp³-hybridized carbons (Fsp3) is 0.389. The second-order valence-electron chi connectivity index (χ2n) is 6.20. The monoisotopic (exact) mass is 374 g/mol. The molecule has 7 heteroatoms. The van der Waals surface area contributed by atoms with Crippen molar-refractivity contribution in [2.24, 2.45) is 0 Å². The lowest BCUT2D eigenvalue weighted by Gasteiger charge is -2.19. The van der Waals surface area contributed by atoms with Crippen LogP contribution in [-0.4, -0.2) is 20.7 Å². The number of aromatic nitrogens is 3. The maximum absolute atomic E-state index is 12.6. The fourth-order valence-corrected chi connectivity index (χ4v) is 4.38. The summed E-state index contributed by atoms with van der Waals surface area (Å²) in [6.07, 6.45) is 2.95. The molecule has 0 radical (unpaired) electrons. The lowest BCUT2D eigenvalue weighted by Crippen LogP contribution is -2.31. The molecule has 1 amide bonds. The Bertz CT molecular complexity index is 808. The van der Waals surface area contributed by atoms with Crippen LogP contribution in [0.4, 0.5) is 0 Å². The van der Waals surface area contributed by atoms with Crippen molar-refractivity contribution in [2.75, 3.05) is 0 Å². The second-order valence-corrected chi connectivity index (χ2v) is 8.16. The molecule has 1 N–H and O–H groups in total. The Morgan fingerprint density at radius 1 is 1.32 bits per heavy atom. The molecule has 0 spiro atoms. The summed E-state index contributed by atoms with van der Waals surface area (Å²) in [5, 5.41) is 12.6. The highest BCUT2D eigenvalue weighted by molar-refractivity contribution is 7.10. The normalized spacial score (nSPS) is 13.6. The van der Waals surface area contributed by atoms with Gasteiger partial charge in [0.1, 0.15) is 5.01 Å². The summed E-state index contributed by atoms with van der Waals surface area (Å²) in [5.74, 6) is 0.0248. The summed E-state index contributed by atoms with van der Waals surface area (Å²) in [4.78, 5) is 18.2. The topological polar surface area (TPSA) is 59.8 Å². The summed E-state index contributed by atoms with van der Waals surface area (Å²) in [6.45, 7) is 6.01. The molecule has 0 saturated carbocycles. The van der Waals surface area contributed by atoms with Crippen LogP contribution < -0.4 is 5.32 Å². The van der Waals surface area contributed by atoms with Crippen molar-refractivity contribution in [1.82, 2.24) is 20.1 Å². The van der Waals surface area contributed by atoms with E-state index in [2.05, 4.69) is 26.8 Å². The third-order valence-electron chi connectivity index (χ3n) is 4.01. The third kappa shape index (κ3) is 4.55. The molecule has 0 saturated heterocycles. The van der Waals surface area contributed by atoms with Crippen molar-refractivity contribution in [2.45, 2.75) is 45.7 Å². The van der Waals surface area contributed by atoms with Crippen LogP contribution in [-0.2, 0) is 11.2 Å². The second kappa shape index (κ2) is 7.93. The Hall–Kier alpha value is -1.99. The number of nitrogens with one attached hydrogen (secondary N) is 1. The van der Waals surface area contributed by atoms with E-state index in [0.29, 0.717) is 6.42 Å². The highest BCUT2D eigenvalue weighted by atomic mass is 32.1. The van der Waals surface area contributed by atoms with Crippen molar-refractivity contribution in [3.05, 3.63) is 56.4 Å². The number of hydrogen-bond donors (Lipinski definition) is 1. The average Bonchev–Trinajstić information content (AvgIpc) is 3.28. The van der Waals surface area contributed by atoms with Crippen LogP contribution in [0.1, 0.15) is 46.7 Å². The molecule has 0 aliphatic carbocycles. The molecule has 0 aliphatic rings. The predicted molar refractivity (Wildman–Crippen MR) is 102 cm³/mol. The number of carbonyl (C=O) groups is 1. The van der Waals surface area contributed by atoms with E-state index in [4.69, 9.17) is 0 Å². The first-order chi connectivity index (χ1) is 12.0. The Labute approximate surface area is 155 Å². The molecule has 3 aromatic heterocycles. The van der Waals surface area contributed by atoms with E-state index < -0.39 is 0 Å². The van der Waals surface area contributed by atoms with E-state index in [-0.39, 0.29) is 18.0 Å². The number of nitrogens with zero attached hydrogens (tertiary/aromatic N) is 3. The molecular formula is C18H22N4OS2. The van der Waals surface area contributed by atoms with Gasteiger partial charge < -0.3 is 5.32 Å². The minimum atomic E-state index is -0.0844. The zero-order chi connectivity index (χ0) is 17.8. The molecule has 0 unspecified atom stereocenters. The lowest BCUT2D eigenvalue weighted by atomic mass is 10.1. The van der Waals surface area contributed by atoms with E-state index in [1.165, 1.54) is 4.88 Å². The van der Waals surface area contributed by atoms with Gasteiger partial charge in [-0.3, -0.25) is 9.48 Å². The van der Waals surface area contributed by atoms with Crippen molar-refractivity contribution in [3.63, 3.8) is 0 Å². The molecule has 0 aromatic carbocycles. The van der Waals surface area contributed by atoms with Crippen LogP contribution in [0.5, 0.6) is 0 Å². The maximum Gasteiger partial charge on any atom is 0.222 e. The number of hydrogen-bond acceptors (Lipinski definition) is 5. The summed E-state index contributed by atoms with van der Waals surface area (Å²) in [6, 6.07) is 6.09. The van der Waals surface area contributed by atoms with E-state index in [9.17, 15) is 4.79 Å². The van der Waals surface area contributed by atoms with Crippen LogP contribution in [0.15, 0.2) is 35.2 Å². The quantitative estimate of drug-likeness (QED) is 0.678. The molecule has 2 atom stereocenters. The largest absolute Gasteiger partial charge is 0.346 e. The zero-order valence-electron chi connectivity index (χ0n) is 14.6. The van der Waals surface area contributed by atoms with Crippen molar-refractivity contribution in [3.8, 4) is 0 Å². The van der Waals surface area contributed by atoms with Gasteiger partial charge in [-0.2, -0.15) is 5.10 Å². The lowest BCUT2D eigenvalue weighted by molar-refractivity contribution is -0.122. The number of thiazole rings is 1. The number of rotatable bonds is 7. The number of aryl methyl sites for hydroxylation is 2. The van der Waals surface area contributed by atoms with Crippen LogP contribution in [0.2, 0.25) is 0 Å². The Morgan fingerprint density at radius 3 is 2.76 bits per heavy atom. The van der Waals surface area contributed by atoms with Crippen LogP contribution in [0.3, 0.4) is 0 Å². The molecule has 25 heavy (non-hydrogen) atoms. The Morgan fingerprint density at radius 2 is 2.16 bits per heavy atom. The van der Waals surface area contributed by atoms with Gasteiger partial charge in [0.15, 0.2) is 0 Å². The van der Waals surface area contributed by atoms with Crippen molar-refractivity contribution in [1.29, 1.82) is 0 Å². The van der Waals surface area contributed by atoms with Crippen LogP contribution >= 0.6 is 22.7 Å². The van der Waals surface area contributed by atoms with Crippen molar-refractivity contribution < 1.29 is 4.79 Å². The molecule has 0 bridgehead atoms. The summed E-state index contributed by atoms with van der Waals surface area (Å²) in [7, 11) is 0. The minimum absolute atomic E-state index is 0.0207. The fourth-order valence-electron chi connectivity index (χ4n) is 2.94. The minimum Gasteiger partial charge on any atom is -0.346 e. The molecule has 0 aliphatic heterocycles. The van der Waals surface area contributed by atoms with Gasteiger partial charge >= 0.3 is 0 Å². The number of carbonyl (C=O) groups excluding carboxylic acids is 1. The SMILES string of the molecule is Cc1cc(C)n([C@@H](C)CC(=O)N[C@@H](Cc2cccs2)c2nccs2)n1. The predicted octanol–water partition coefficient (Wildman–Crippen LogP) is 4.07. The van der Waals surface area contributed by atoms with E-state index in [1.807, 2.05) is 43.0 Å².